The Morgan fingerprint density at radius 1 is 1.14 bits per heavy atom. The lowest BCUT2D eigenvalue weighted by molar-refractivity contribution is 0.102. The maximum absolute atomic E-state index is 13.2. The van der Waals surface area contributed by atoms with Crippen molar-refractivity contribution in [2.75, 3.05) is 5.32 Å². The first-order valence-electron chi connectivity index (χ1n) is 11.0. The molecule has 1 aliphatic carbocycles. The third-order valence-electron chi connectivity index (χ3n) is 6.01. The minimum absolute atomic E-state index is 0.177. The van der Waals surface area contributed by atoms with Gasteiger partial charge in [-0.25, -0.2) is 0 Å². The molecule has 3 rings (SSSR count). The van der Waals surface area contributed by atoms with Crippen molar-refractivity contribution in [3.8, 4) is 0 Å². The monoisotopic (exact) mass is 394 g/mol. The summed E-state index contributed by atoms with van der Waals surface area (Å²) in [6.45, 7) is 9.14. The van der Waals surface area contributed by atoms with Crippen LogP contribution < -0.4 is 10.7 Å². The molecule has 0 radical (unpaired) electrons. The molecule has 0 unspecified atom stereocenters. The molecule has 1 aromatic carbocycles. The van der Waals surface area contributed by atoms with Gasteiger partial charge < -0.3 is 9.88 Å². The summed E-state index contributed by atoms with van der Waals surface area (Å²) >= 11 is 0. The number of aryl methyl sites for hydroxylation is 2. The molecule has 0 aliphatic heterocycles. The second-order valence-corrected chi connectivity index (χ2v) is 8.95. The summed E-state index contributed by atoms with van der Waals surface area (Å²) in [5.41, 5.74) is 3.73. The van der Waals surface area contributed by atoms with Crippen molar-refractivity contribution in [2.45, 2.75) is 72.8 Å². The molecular weight excluding hydrogens is 360 g/mol. The predicted octanol–water partition coefficient (Wildman–Crippen LogP) is 5.50. The van der Waals surface area contributed by atoms with Gasteiger partial charge in [-0.2, -0.15) is 0 Å². The number of anilines is 1. The van der Waals surface area contributed by atoms with Crippen LogP contribution >= 0.6 is 0 Å². The molecule has 2 aromatic rings. The van der Waals surface area contributed by atoms with E-state index >= 15 is 0 Å². The fraction of sp³-hybridized carbons (Fsp3) is 0.520. The number of para-hydroxylation sites is 1. The minimum Gasteiger partial charge on any atom is -0.348 e. The van der Waals surface area contributed by atoms with E-state index in [0.717, 1.165) is 35.6 Å². The number of hydrogen-bond donors (Lipinski definition) is 1. The number of amides is 1. The van der Waals surface area contributed by atoms with Crippen LogP contribution in [0.3, 0.4) is 0 Å². The quantitative estimate of drug-likeness (QED) is 0.704. The molecule has 0 saturated heterocycles. The van der Waals surface area contributed by atoms with Crippen molar-refractivity contribution in [3.05, 3.63) is 63.1 Å². The number of benzene rings is 1. The third kappa shape index (κ3) is 5.17. The molecule has 1 saturated carbocycles. The Morgan fingerprint density at radius 3 is 2.48 bits per heavy atom. The predicted molar refractivity (Wildman–Crippen MR) is 120 cm³/mol. The maximum atomic E-state index is 13.2. The van der Waals surface area contributed by atoms with Gasteiger partial charge in [0.15, 0.2) is 5.43 Å². The first-order valence-corrected chi connectivity index (χ1v) is 11.0. The molecule has 4 nitrogen and oxygen atoms in total. The van der Waals surface area contributed by atoms with Crippen molar-refractivity contribution < 1.29 is 4.79 Å². The van der Waals surface area contributed by atoms with Gasteiger partial charge in [0.05, 0.1) is 0 Å². The van der Waals surface area contributed by atoms with Gasteiger partial charge >= 0.3 is 0 Å². The molecule has 1 aliphatic rings. The highest BCUT2D eigenvalue weighted by Crippen LogP contribution is 2.27. The summed E-state index contributed by atoms with van der Waals surface area (Å²) in [6.07, 6.45) is 7.08. The van der Waals surface area contributed by atoms with Gasteiger partial charge in [-0.1, -0.05) is 51.3 Å². The maximum Gasteiger partial charge on any atom is 0.261 e. The molecule has 29 heavy (non-hydrogen) atoms. The highest BCUT2D eigenvalue weighted by atomic mass is 16.2. The minimum atomic E-state index is -0.294. The second-order valence-electron chi connectivity index (χ2n) is 8.95. The topological polar surface area (TPSA) is 51.1 Å². The summed E-state index contributed by atoms with van der Waals surface area (Å²) in [5, 5.41) is 2.98. The van der Waals surface area contributed by atoms with Crippen LogP contribution in [0.25, 0.3) is 0 Å². The molecule has 1 N–H and O–H groups in total. The molecule has 156 valence electrons. The van der Waals surface area contributed by atoms with E-state index < -0.39 is 0 Å². The van der Waals surface area contributed by atoms with E-state index in [2.05, 4.69) is 23.7 Å². The van der Waals surface area contributed by atoms with Crippen LogP contribution in [-0.2, 0) is 13.0 Å². The standard InChI is InChI=1S/C25H34N2O2/c1-17(2)14-22-24(25(29)26-21-13-9-8-10-18(21)3)23(28)15-19(4)27(22)16-20-11-6-5-7-12-20/h8-10,13,15,17,20H,5-7,11-12,14,16H2,1-4H3,(H,26,29). The highest BCUT2D eigenvalue weighted by Gasteiger charge is 2.23. The van der Waals surface area contributed by atoms with E-state index in [1.807, 2.05) is 38.1 Å². The number of nitrogens with zero attached hydrogens (tertiary/aromatic N) is 1. The number of pyridine rings is 1. The van der Waals surface area contributed by atoms with Crippen molar-refractivity contribution in [3.63, 3.8) is 0 Å². The molecule has 1 amide bonds. The number of rotatable bonds is 6. The number of carbonyl (C=O) groups excluding carboxylic acids is 1. The zero-order chi connectivity index (χ0) is 21.0. The third-order valence-corrected chi connectivity index (χ3v) is 6.01. The van der Waals surface area contributed by atoms with Crippen LogP contribution in [0.4, 0.5) is 5.69 Å². The fourth-order valence-electron chi connectivity index (χ4n) is 4.45. The van der Waals surface area contributed by atoms with Crippen molar-refractivity contribution >= 4 is 11.6 Å². The van der Waals surface area contributed by atoms with Crippen molar-refractivity contribution in [1.29, 1.82) is 0 Å². The second kappa shape index (κ2) is 9.43. The Labute approximate surface area is 174 Å². The van der Waals surface area contributed by atoms with Gasteiger partial charge in [-0.05, 0) is 56.6 Å². The summed E-state index contributed by atoms with van der Waals surface area (Å²) in [5.74, 6) is 0.694. The summed E-state index contributed by atoms with van der Waals surface area (Å²) < 4.78 is 2.25. The largest absolute Gasteiger partial charge is 0.348 e. The Morgan fingerprint density at radius 2 is 1.83 bits per heavy atom. The van der Waals surface area contributed by atoms with E-state index in [1.54, 1.807) is 6.07 Å². The average Bonchev–Trinajstić information content (AvgIpc) is 2.67. The average molecular weight is 395 g/mol. The van der Waals surface area contributed by atoms with Crippen LogP contribution in [0.1, 0.15) is 73.3 Å². The molecule has 0 atom stereocenters. The van der Waals surface area contributed by atoms with Crippen molar-refractivity contribution in [2.24, 2.45) is 11.8 Å². The lowest BCUT2D eigenvalue weighted by atomic mass is 9.88. The Bertz CT molecular complexity index is 921. The number of hydrogen-bond acceptors (Lipinski definition) is 2. The fourth-order valence-corrected chi connectivity index (χ4v) is 4.45. The van der Waals surface area contributed by atoms with E-state index in [9.17, 15) is 9.59 Å². The lowest BCUT2D eigenvalue weighted by Crippen LogP contribution is -2.30. The lowest BCUT2D eigenvalue weighted by Gasteiger charge is -2.27. The molecule has 0 bridgehead atoms. The van der Waals surface area contributed by atoms with Crippen LogP contribution in [0.15, 0.2) is 35.1 Å². The molecule has 1 heterocycles. The van der Waals surface area contributed by atoms with Crippen LogP contribution in [0.5, 0.6) is 0 Å². The SMILES string of the molecule is Cc1ccccc1NC(=O)c1c(CC(C)C)n(CC2CCCCC2)c(C)cc1=O. The van der Waals surface area contributed by atoms with Gasteiger partial charge in [0.1, 0.15) is 5.56 Å². The Balaban J connectivity index is 2.02. The van der Waals surface area contributed by atoms with Crippen molar-refractivity contribution in [1.82, 2.24) is 4.57 Å². The van der Waals surface area contributed by atoms with E-state index in [4.69, 9.17) is 0 Å². The van der Waals surface area contributed by atoms with Gasteiger partial charge in [0.2, 0.25) is 0 Å². The molecule has 1 fully saturated rings. The molecule has 0 spiro atoms. The molecule has 4 heteroatoms. The van der Waals surface area contributed by atoms with Gasteiger partial charge in [0, 0.05) is 29.7 Å². The smallest absolute Gasteiger partial charge is 0.261 e. The van der Waals surface area contributed by atoms with Gasteiger partial charge in [-0.3, -0.25) is 9.59 Å². The summed E-state index contributed by atoms with van der Waals surface area (Å²) in [7, 11) is 0. The summed E-state index contributed by atoms with van der Waals surface area (Å²) in [6, 6.07) is 9.32. The van der Waals surface area contributed by atoms with Crippen LogP contribution in [0, 0.1) is 25.7 Å². The number of aromatic nitrogens is 1. The first-order chi connectivity index (χ1) is 13.9. The van der Waals surface area contributed by atoms with Crippen LogP contribution in [0.2, 0.25) is 0 Å². The Kier molecular flexibility index (Phi) is 6.94. The van der Waals surface area contributed by atoms with Gasteiger partial charge in [0.25, 0.3) is 5.91 Å². The zero-order valence-corrected chi connectivity index (χ0v) is 18.3. The van der Waals surface area contributed by atoms with Gasteiger partial charge in [-0.15, -0.1) is 0 Å². The first kappa shape index (κ1) is 21.4. The van der Waals surface area contributed by atoms with E-state index in [-0.39, 0.29) is 11.3 Å². The number of nitrogens with one attached hydrogen (secondary N) is 1. The van der Waals surface area contributed by atoms with E-state index in [0.29, 0.717) is 17.4 Å². The highest BCUT2D eigenvalue weighted by molar-refractivity contribution is 6.05. The zero-order valence-electron chi connectivity index (χ0n) is 18.3. The summed E-state index contributed by atoms with van der Waals surface area (Å²) in [4.78, 5) is 26.1. The Hall–Kier alpha value is -2.36. The van der Waals surface area contributed by atoms with Crippen LogP contribution in [-0.4, -0.2) is 10.5 Å². The normalized spacial score (nSPS) is 14.9. The number of carbonyl (C=O) groups is 1. The molecular formula is C25H34N2O2. The molecule has 1 aromatic heterocycles. The van der Waals surface area contributed by atoms with E-state index in [1.165, 1.54) is 32.1 Å².